The summed E-state index contributed by atoms with van der Waals surface area (Å²) in [7, 11) is 0. The number of halogens is 1. The van der Waals surface area contributed by atoms with Gasteiger partial charge in [0.05, 0.1) is 10.6 Å². The topological polar surface area (TPSA) is 52.6 Å². The lowest BCUT2D eigenvalue weighted by molar-refractivity contribution is -0.153. The Morgan fingerprint density at radius 3 is 2.18 bits per heavy atom. The zero-order valence-corrected chi connectivity index (χ0v) is 13.0. The van der Waals surface area contributed by atoms with Gasteiger partial charge in [-0.1, -0.05) is 41.9 Å². The molecule has 0 unspecified atom stereocenters. The summed E-state index contributed by atoms with van der Waals surface area (Å²) in [4.78, 5) is 24.1. The molecule has 2 aromatic rings. The molecule has 5 heteroatoms. The van der Waals surface area contributed by atoms with E-state index in [2.05, 4.69) is 0 Å². The van der Waals surface area contributed by atoms with Crippen LogP contribution in [0.5, 0.6) is 5.75 Å². The summed E-state index contributed by atoms with van der Waals surface area (Å²) < 4.78 is 10.4. The highest BCUT2D eigenvalue weighted by molar-refractivity contribution is 6.33. The Labute approximate surface area is 133 Å². The number of carbonyl (C=O) groups is 2. The van der Waals surface area contributed by atoms with Gasteiger partial charge in [0, 0.05) is 0 Å². The number of benzene rings is 2. The molecule has 0 heterocycles. The number of ether oxygens (including phenoxy) is 2. The predicted molar refractivity (Wildman–Crippen MR) is 83.0 cm³/mol. The standard InChI is InChI=1S/C17H15ClO4/c1-17(2,22-12-8-4-3-5-9-12)16(20)21-15(19)13-10-6-7-11-14(13)18/h3-11H,1-2H3. The van der Waals surface area contributed by atoms with Crippen LogP contribution in [0.25, 0.3) is 0 Å². The number of rotatable bonds is 4. The van der Waals surface area contributed by atoms with Crippen LogP contribution in [0.1, 0.15) is 24.2 Å². The number of hydrogen-bond donors (Lipinski definition) is 0. The number of esters is 2. The SMILES string of the molecule is CC(C)(Oc1ccccc1)C(=O)OC(=O)c1ccccc1Cl. The van der Waals surface area contributed by atoms with Gasteiger partial charge >= 0.3 is 11.9 Å². The molecule has 4 nitrogen and oxygen atoms in total. The van der Waals surface area contributed by atoms with Crippen molar-refractivity contribution in [2.45, 2.75) is 19.4 Å². The van der Waals surface area contributed by atoms with E-state index in [0.29, 0.717) is 5.75 Å². The van der Waals surface area contributed by atoms with Crippen LogP contribution in [0.3, 0.4) is 0 Å². The third-order valence-corrected chi connectivity index (χ3v) is 3.22. The fourth-order valence-electron chi connectivity index (χ4n) is 1.71. The van der Waals surface area contributed by atoms with Crippen LogP contribution in [-0.4, -0.2) is 17.5 Å². The van der Waals surface area contributed by atoms with Crippen molar-refractivity contribution in [1.82, 2.24) is 0 Å². The average molecular weight is 319 g/mol. The molecule has 0 aliphatic rings. The predicted octanol–water partition coefficient (Wildman–Crippen LogP) is 3.88. The second kappa shape index (κ2) is 6.62. The van der Waals surface area contributed by atoms with Gasteiger partial charge in [0.25, 0.3) is 0 Å². The second-order valence-electron chi connectivity index (χ2n) is 5.08. The third kappa shape index (κ3) is 3.86. The van der Waals surface area contributed by atoms with Crippen molar-refractivity contribution >= 4 is 23.5 Å². The van der Waals surface area contributed by atoms with Crippen LogP contribution in [0, 0.1) is 0 Å². The lowest BCUT2D eigenvalue weighted by atomic mass is 10.1. The van der Waals surface area contributed by atoms with E-state index in [9.17, 15) is 9.59 Å². The highest BCUT2D eigenvalue weighted by Gasteiger charge is 2.34. The van der Waals surface area contributed by atoms with Gasteiger partial charge in [0.1, 0.15) is 5.75 Å². The first-order valence-electron chi connectivity index (χ1n) is 6.65. The van der Waals surface area contributed by atoms with Crippen molar-refractivity contribution in [3.8, 4) is 5.75 Å². The van der Waals surface area contributed by atoms with E-state index in [4.69, 9.17) is 21.1 Å². The van der Waals surface area contributed by atoms with Gasteiger partial charge in [0.2, 0.25) is 5.60 Å². The molecule has 114 valence electrons. The van der Waals surface area contributed by atoms with Gasteiger partial charge in [0.15, 0.2) is 0 Å². The first-order chi connectivity index (χ1) is 10.4. The van der Waals surface area contributed by atoms with Crippen molar-refractivity contribution in [3.63, 3.8) is 0 Å². The Morgan fingerprint density at radius 1 is 0.955 bits per heavy atom. The smallest absolute Gasteiger partial charge is 0.357 e. The summed E-state index contributed by atoms with van der Waals surface area (Å²) in [5.41, 5.74) is -1.17. The Bertz CT molecular complexity index is 680. The van der Waals surface area contributed by atoms with Crippen LogP contribution in [0.4, 0.5) is 0 Å². The highest BCUT2D eigenvalue weighted by atomic mass is 35.5. The average Bonchev–Trinajstić information content (AvgIpc) is 2.48. The summed E-state index contributed by atoms with van der Waals surface area (Å²) in [6, 6.07) is 15.2. The molecule has 22 heavy (non-hydrogen) atoms. The second-order valence-corrected chi connectivity index (χ2v) is 5.49. The fraction of sp³-hybridized carbons (Fsp3) is 0.176. The van der Waals surface area contributed by atoms with E-state index in [1.165, 1.54) is 19.9 Å². The zero-order valence-electron chi connectivity index (χ0n) is 12.2. The van der Waals surface area contributed by atoms with E-state index in [1.807, 2.05) is 6.07 Å². The Balaban J connectivity index is 2.08. The van der Waals surface area contributed by atoms with Crippen molar-refractivity contribution < 1.29 is 19.1 Å². The molecule has 0 aliphatic heterocycles. The molecule has 0 aliphatic carbocycles. The summed E-state index contributed by atoms with van der Waals surface area (Å²) in [6.07, 6.45) is 0. The van der Waals surface area contributed by atoms with E-state index in [0.717, 1.165) is 0 Å². The molecule has 2 aromatic carbocycles. The minimum Gasteiger partial charge on any atom is -0.476 e. The maximum Gasteiger partial charge on any atom is 0.357 e. The monoisotopic (exact) mass is 318 g/mol. The van der Waals surface area contributed by atoms with E-state index >= 15 is 0 Å². The molecule has 0 spiro atoms. The Kier molecular flexibility index (Phi) is 4.83. The number of para-hydroxylation sites is 1. The Hall–Kier alpha value is -2.33. The van der Waals surface area contributed by atoms with E-state index < -0.39 is 17.5 Å². The van der Waals surface area contributed by atoms with Gasteiger partial charge in [-0.3, -0.25) is 0 Å². The van der Waals surface area contributed by atoms with Gasteiger partial charge in [-0.2, -0.15) is 0 Å². The van der Waals surface area contributed by atoms with Crippen molar-refractivity contribution in [1.29, 1.82) is 0 Å². The summed E-state index contributed by atoms with van der Waals surface area (Å²) in [5, 5.41) is 0.224. The molecular formula is C17H15ClO4. The number of carbonyl (C=O) groups excluding carboxylic acids is 2. The highest BCUT2D eigenvalue weighted by Crippen LogP contribution is 2.21. The molecule has 0 saturated carbocycles. The number of hydrogen-bond acceptors (Lipinski definition) is 4. The van der Waals surface area contributed by atoms with E-state index in [1.54, 1.807) is 42.5 Å². The van der Waals surface area contributed by atoms with Crippen molar-refractivity contribution in [2.24, 2.45) is 0 Å². The van der Waals surface area contributed by atoms with Gasteiger partial charge < -0.3 is 9.47 Å². The molecule has 0 atom stereocenters. The van der Waals surface area contributed by atoms with Crippen molar-refractivity contribution in [2.75, 3.05) is 0 Å². The van der Waals surface area contributed by atoms with Crippen molar-refractivity contribution in [3.05, 3.63) is 65.2 Å². The molecule has 0 aromatic heterocycles. The lowest BCUT2D eigenvalue weighted by Crippen LogP contribution is -2.40. The molecule has 0 amide bonds. The quantitative estimate of drug-likeness (QED) is 0.634. The summed E-state index contributed by atoms with van der Waals surface area (Å²) >= 11 is 5.90. The zero-order chi connectivity index (χ0) is 16.2. The molecule has 0 radical (unpaired) electrons. The minimum atomic E-state index is -1.31. The van der Waals surface area contributed by atoms with E-state index in [-0.39, 0.29) is 10.6 Å². The molecular weight excluding hydrogens is 304 g/mol. The summed E-state index contributed by atoms with van der Waals surface area (Å²) in [6.45, 7) is 3.06. The fourth-order valence-corrected chi connectivity index (χ4v) is 1.93. The van der Waals surface area contributed by atoms with Gasteiger partial charge in [-0.05, 0) is 38.1 Å². The summed E-state index contributed by atoms with van der Waals surface area (Å²) in [5.74, 6) is -1.09. The van der Waals surface area contributed by atoms with Crippen LogP contribution in [0.15, 0.2) is 54.6 Å². The molecule has 0 N–H and O–H groups in total. The van der Waals surface area contributed by atoms with Gasteiger partial charge in [-0.25, -0.2) is 9.59 Å². The minimum absolute atomic E-state index is 0.132. The first-order valence-corrected chi connectivity index (χ1v) is 7.03. The van der Waals surface area contributed by atoms with Gasteiger partial charge in [-0.15, -0.1) is 0 Å². The normalized spacial score (nSPS) is 10.9. The maximum atomic E-state index is 12.2. The van der Waals surface area contributed by atoms with Crippen LogP contribution in [0.2, 0.25) is 5.02 Å². The lowest BCUT2D eigenvalue weighted by Gasteiger charge is -2.23. The molecule has 2 rings (SSSR count). The van der Waals surface area contributed by atoms with Crippen LogP contribution < -0.4 is 4.74 Å². The first kappa shape index (κ1) is 16.0. The van der Waals surface area contributed by atoms with Crippen LogP contribution in [-0.2, 0) is 9.53 Å². The molecule has 0 saturated heterocycles. The molecule has 0 bridgehead atoms. The Morgan fingerprint density at radius 2 is 1.55 bits per heavy atom. The van der Waals surface area contributed by atoms with Crippen LogP contribution >= 0.6 is 11.6 Å². The maximum absolute atomic E-state index is 12.2. The third-order valence-electron chi connectivity index (χ3n) is 2.89. The molecule has 0 fully saturated rings. The largest absolute Gasteiger partial charge is 0.476 e.